The Kier molecular flexibility index (Phi) is 5.36. The summed E-state index contributed by atoms with van der Waals surface area (Å²) in [5.74, 6) is -0.171. The highest BCUT2D eigenvalue weighted by molar-refractivity contribution is 5.19. The van der Waals surface area contributed by atoms with Gasteiger partial charge in [0, 0.05) is 12.0 Å². The van der Waals surface area contributed by atoms with Gasteiger partial charge in [-0.05, 0) is 37.1 Å². The monoisotopic (exact) mass is 235 g/mol. The molecule has 0 bridgehead atoms. The fourth-order valence-electron chi connectivity index (χ4n) is 1.87. The fraction of sp³-hybridized carbons (Fsp3) is 0.467. The summed E-state index contributed by atoms with van der Waals surface area (Å²) in [6.45, 7) is 10.1. The lowest BCUT2D eigenvalue weighted by molar-refractivity contribution is 0.391. The lowest BCUT2D eigenvalue weighted by Gasteiger charge is -2.26. The van der Waals surface area contributed by atoms with Gasteiger partial charge in [-0.25, -0.2) is 4.39 Å². The average molecular weight is 235 g/mol. The zero-order valence-electron chi connectivity index (χ0n) is 10.8. The normalized spacial score (nSPS) is 14.3. The summed E-state index contributed by atoms with van der Waals surface area (Å²) in [5.41, 5.74) is 0.994. The molecule has 0 saturated heterocycles. The van der Waals surface area contributed by atoms with Gasteiger partial charge in [0.1, 0.15) is 5.82 Å². The summed E-state index contributed by atoms with van der Waals surface area (Å²) in [7, 11) is 0. The molecule has 0 aromatic heterocycles. The second kappa shape index (κ2) is 6.55. The van der Waals surface area contributed by atoms with Crippen molar-refractivity contribution in [3.8, 4) is 0 Å². The molecule has 0 spiro atoms. The van der Waals surface area contributed by atoms with Gasteiger partial charge in [-0.15, -0.1) is 6.58 Å². The van der Waals surface area contributed by atoms with E-state index >= 15 is 0 Å². The fourth-order valence-corrected chi connectivity index (χ4v) is 1.87. The van der Waals surface area contributed by atoms with Crippen molar-refractivity contribution in [2.75, 3.05) is 13.1 Å². The van der Waals surface area contributed by atoms with Gasteiger partial charge in [0.25, 0.3) is 0 Å². The van der Waals surface area contributed by atoms with Crippen LogP contribution in [0.5, 0.6) is 0 Å². The Morgan fingerprint density at radius 1 is 1.47 bits per heavy atom. The minimum atomic E-state index is -0.171. The Bertz CT molecular complexity index is 362. The van der Waals surface area contributed by atoms with Crippen LogP contribution in [-0.2, 0) is 6.42 Å². The third kappa shape index (κ3) is 4.70. The van der Waals surface area contributed by atoms with E-state index in [9.17, 15) is 4.39 Å². The summed E-state index contributed by atoms with van der Waals surface area (Å²) in [6.07, 6.45) is 3.89. The molecule has 1 aromatic carbocycles. The van der Waals surface area contributed by atoms with Crippen LogP contribution in [0.25, 0.3) is 0 Å². The molecular formula is C15H22FN. The second-order valence-electron chi connectivity index (χ2n) is 4.84. The first-order chi connectivity index (χ1) is 8.09. The van der Waals surface area contributed by atoms with E-state index in [-0.39, 0.29) is 11.2 Å². The molecule has 1 unspecified atom stereocenters. The number of nitrogens with one attached hydrogen (secondary N) is 1. The van der Waals surface area contributed by atoms with Crippen LogP contribution in [0.15, 0.2) is 36.9 Å². The summed E-state index contributed by atoms with van der Waals surface area (Å²) >= 11 is 0. The summed E-state index contributed by atoms with van der Waals surface area (Å²) < 4.78 is 13.1. The van der Waals surface area contributed by atoms with Crippen molar-refractivity contribution < 1.29 is 4.39 Å². The molecule has 0 aliphatic carbocycles. The molecule has 94 valence electrons. The van der Waals surface area contributed by atoms with Crippen molar-refractivity contribution in [3.63, 3.8) is 0 Å². The SMILES string of the molecule is C=CC(C)(CNCCC)Cc1cccc(F)c1. The van der Waals surface area contributed by atoms with Crippen molar-refractivity contribution in [3.05, 3.63) is 48.3 Å². The molecule has 0 saturated carbocycles. The van der Waals surface area contributed by atoms with Crippen LogP contribution >= 0.6 is 0 Å². The van der Waals surface area contributed by atoms with Crippen LogP contribution in [0.1, 0.15) is 25.8 Å². The third-order valence-corrected chi connectivity index (χ3v) is 2.95. The molecule has 0 heterocycles. The van der Waals surface area contributed by atoms with E-state index in [1.807, 2.05) is 12.1 Å². The highest BCUT2D eigenvalue weighted by atomic mass is 19.1. The smallest absolute Gasteiger partial charge is 0.123 e. The largest absolute Gasteiger partial charge is 0.316 e. The Labute approximate surface area is 104 Å². The minimum absolute atomic E-state index is 0.0248. The van der Waals surface area contributed by atoms with Crippen molar-refractivity contribution >= 4 is 0 Å². The standard InChI is InChI=1S/C15H22FN/c1-4-9-17-12-15(3,5-2)11-13-7-6-8-14(16)10-13/h5-8,10,17H,2,4,9,11-12H2,1,3H3. The van der Waals surface area contributed by atoms with Crippen molar-refractivity contribution in [2.24, 2.45) is 5.41 Å². The van der Waals surface area contributed by atoms with Gasteiger partial charge >= 0.3 is 0 Å². The highest BCUT2D eigenvalue weighted by Gasteiger charge is 2.20. The molecule has 0 aliphatic heterocycles. The number of rotatable bonds is 7. The van der Waals surface area contributed by atoms with Gasteiger partial charge in [0.15, 0.2) is 0 Å². The maximum Gasteiger partial charge on any atom is 0.123 e. The quantitative estimate of drug-likeness (QED) is 0.563. The molecule has 1 atom stereocenters. The summed E-state index contributed by atoms with van der Waals surface area (Å²) in [4.78, 5) is 0. The van der Waals surface area contributed by atoms with Gasteiger partial charge in [-0.2, -0.15) is 0 Å². The van der Waals surface area contributed by atoms with Crippen LogP contribution in [0.4, 0.5) is 4.39 Å². The van der Waals surface area contributed by atoms with E-state index in [2.05, 4.69) is 25.7 Å². The first-order valence-corrected chi connectivity index (χ1v) is 6.18. The average Bonchev–Trinajstić information content (AvgIpc) is 2.29. The Morgan fingerprint density at radius 2 is 2.24 bits per heavy atom. The lowest BCUT2D eigenvalue weighted by Crippen LogP contribution is -2.32. The molecule has 0 radical (unpaired) electrons. The third-order valence-electron chi connectivity index (χ3n) is 2.95. The zero-order chi connectivity index (χ0) is 12.7. The molecular weight excluding hydrogens is 213 g/mol. The molecule has 1 aromatic rings. The number of halogens is 1. The predicted molar refractivity (Wildman–Crippen MR) is 71.6 cm³/mol. The molecule has 1 N–H and O–H groups in total. The van der Waals surface area contributed by atoms with Gasteiger partial charge in [0.2, 0.25) is 0 Å². The van der Waals surface area contributed by atoms with Crippen LogP contribution in [0.2, 0.25) is 0 Å². The molecule has 0 amide bonds. The van der Waals surface area contributed by atoms with Crippen LogP contribution in [0.3, 0.4) is 0 Å². The van der Waals surface area contributed by atoms with Crippen molar-refractivity contribution in [1.29, 1.82) is 0 Å². The molecule has 1 nitrogen and oxygen atoms in total. The van der Waals surface area contributed by atoms with Crippen molar-refractivity contribution in [2.45, 2.75) is 26.7 Å². The second-order valence-corrected chi connectivity index (χ2v) is 4.84. The number of benzene rings is 1. The zero-order valence-corrected chi connectivity index (χ0v) is 10.8. The van der Waals surface area contributed by atoms with Crippen LogP contribution in [-0.4, -0.2) is 13.1 Å². The number of hydrogen-bond acceptors (Lipinski definition) is 1. The minimum Gasteiger partial charge on any atom is -0.316 e. The van der Waals surface area contributed by atoms with Gasteiger partial charge in [0.05, 0.1) is 0 Å². The molecule has 0 fully saturated rings. The van der Waals surface area contributed by atoms with E-state index in [0.29, 0.717) is 0 Å². The van der Waals surface area contributed by atoms with E-state index < -0.39 is 0 Å². The van der Waals surface area contributed by atoms with Crippen LogP contribution in [0, 0.1) is 11.2 Å². The molecule has 0 aliphatic rings. The summed E-state index contributed by atoms with van der Waals surface area (Å²) in [5, 5.41) is 3.40. The summed E-state index contributed by atoms with van der Waals surface area (Å²) in [6, 6.07) is 6.80. The van der Waals surface area contributed by atoms with Gasteiger partial charge in [-0.3, -0.25) is 0 Å². The Hall–Kier alpha value is -1.15. The van der Waals surface area contributed by atoms with Crippen molar-refractivity contribution in [1.82, 2.24) is 5.32 Å². The number of hydrogen-bond donors (Lipinski definition) is 1. The molecule has 17 heavy (non-hydrogen) atoms. The molecule has 1 rings (SSSR count). The van der Waals surface area contributed by atoms with E-state index in [4.69, 9.17) is 0 Å². The van der Waals surface area contributed by atoms with E-state index in [1.54, 1.807) is 12.1 Å². The topological polar surface area (TPSA) is 12.0 Å². The Morgan fingerprint density at radius 3 is 2.82 bits per heavy atom. The van der Waals surface area contributed by atoms with Gasteiger partial charge < -0.3 is 5.32 Å². The highest BCUT2D eigenvalue weighted by Crippen LogP contribution is 2.23. The lowest BCUT2D eigenvalue weighted by atomic mass is 9.83. The van der Waals surface area contributed by atoms with E-state index in [1.165, 1.54) is 6.07 Å². The predicted octanol–water partition coefficient (Wildman–Crippen LogP) is 3.56. The van der Waals surface area contributed by atoms with Crippen LogP contribution < -0.4 is 5.32 Å². The van der Waals surface area contributed by atoms with E-state index in [0.717, 1.165) is 31.5 Å². The van der Waals surface area contributed by atoms with Gasteiger partial charge in [-0.1, -0.05) is 32.1 Å². The first kappa shape index (κ1) is 13.9. The maximum atomic E-state index is 13.1. The first-order valence-electron chi connectivity index (χ1n) is 6.18. The Balaban J connectivity index is 2.64. The molecule has 2 heteroatoms. The maximum absolute atomic E-state index is 13.1.